The van der Waals surface area contributed by atoms with E-state index in [1.165, 1.54) is 16.6 Å². The van der Waals surface area contributed by atoms with E-state index in [1.807, 2.05) is 18.2 Å². The molecule has 146 valence electrons. The van der Waals surface area contributed by atoms with Gasteiger partial charge in [0.2, 0.25) is 10.0 Å². The molecule has 1 aromatic carbocycles. The molecule has 0 saturated carbocycles. The summed E-state index contributed by atoms with van der Waals surface area (Å²) in [5.74, 6) is 1.15. The first-order valence-electron chi connectivity index (χ1n) is 8.71. The molecule has 28 heavy (non-hydrogen) atoms. The molecule has 0 unspecified atom stereocenters. The fourth-order valence-electron chi connectivity index (χ4n) is 2.99. The van der Waals surface area contributed by atoms with E-state index in [2.05, 4.69) is 15.3 Å². The lowest BCUT2D eigenvalue weighted by Crippen LogP contribution is -2.37. The number of imidazole rings is 1. The molecule has 0 spiro atoms. The minimum absolute atomic E-state index is 0.104. The Balaban J connectivity index is 1.55. The fourth-order valence-corrected chi connectivity index (χ4v) is 5.56. The number of nitrogens with one attached hydrogen (secondary N) is 2. The molecular formula is C18H19N5O3S2. The van der Waals surface area contributed by atoms with Gasteiger partial charge >= 0.3 is 0 Å². The molecule has 0 aliphatic carbocycles. The zero-order chi connectivity index (χ0) is 19.6. The number of para-hydroxylation sites is 2. The van der Waals surface area contributed by atoms with Gasteiger partial charge in [-0.1, -0.05) is 12.1 Å². The second-order valence-electron chi connectivity index (χ2n) is 6.21. The summed E-state index contributed by atoms with van der Waals surface area (Å²) < 4.78 is 28.7. The number of anilines is 1. The van der Waals surface area contributed by atoms with Crippen molar-refractivity contribution >= 4 is 33.4 Å². The Morgan fingerprint density at radius 1 is 1.21 bits per heavy atom. The maximum atomic E-state index is 12.7. The molecule has 0 atom stereocenters. The molecule has 0 bridgehead atoms. The van der Waals surface area contributed by atoms with E-state index in [0.29, 0.717) is 18.8 Å². The zero-order valence-electron chi connectivity index (χ0n) is 14.9. The molecule has 3 aromatic rings. The van der Waals surface area contributed by atoms with Crippen LogP contribution in [0, 0.1) is 0 Å². The van der Waals surface area contributed by atoms with Gasteiger partial charge in [-0.15, -0.1) is 0 Å². The predicted octanol–water partition coefficient (Wildman–Crippen LogP) is 2.19. The number of sulfonamides is 1. The van der Waals surface area contributed by atoms with Crippen LogP contribution < -0.4 is 5.32 Å². The van der Waals surface area contributed by atoms with Crippen molar-refractivity contribution in [3.05, 3.63) is 60.9 Å². The van der Waals surface area contributed by atoms with Crippen LogP contribution >= 0.6 is 11.8 Å². The molecule has 1 aliphatic heterocycles. The van der Waals surface area contributed by atoms with Gasteiger partial charge in [-0.05, 0) is 18.2 Å². The first-order chi connectivity index (χ1) is 13.6. The molecular weight excluding hydrogens is 398 g/mol. The van der Waals surface area contributed by atoms with Crippen LogP contribution in [0.15, 0.2) is 60.1 Å². The number of hydrogen-bond donors (Lipinski definition) is 2. The number of benzene rings is 1. The van der Waals surface area contributed by atoms with Crippen LogP contribution in [0.5, 0.6) is 0 Å². The average molecular weight is 418 g/mol. The van der Waals surface area contributed by atoms with Gasteiger partial charge in [0.25, 0.3) is 5.91 Å². The maximum Gasteiger partial charge on any atom is 0.272 e. The second-order valence-corrected chi connectivity index (χ2v) is 9.37. The minimum Gasteiger partial charge on any atom is -0.356 e. The van der Waals surface area contributed by atoms with E-state index >= 15 is 0 Å². The molecule has 2 aromatic heterocycles. The van der Waals surface area contributed by atoms with Crippen LogP contribution in [-0.2, 0) is 10.0 Å². The number of amides is 1. The third kappa shape index (κ3) is 3.71. The lowest BCUT2D eigenvalue weighted by Gasteiger charge is -2.24. The van der Waals surface area contributed by atoms with Gasteiger partial charge in [-0.2, -0.15) is 16.1 Å². The van der Waals surface area contributed by atoms with Crippen molar-refractivity contribution in [2.24, 2.45) is 0 Å². The smallest absolute Gasteiger partial charge is 0.272 e. The van der Waals surface area contributed by atoms with Crippen molar-refractivity contribution in [1.29, 1.82) is 0 Å². The first-order valence-corrected chi connectivity index (χ1v) is 11.3. The Morgan fingerprint density at radius 2 is 2.00 bits per heavy atom. The van der Waals surface area contributed by atoms with Gasteiger partial charge in [0.15, 0.2) is 0 Å². The van der Waals surface area contributed by atoms with E-state index < -0.39 is 15.9 Å². The van der Waals surface area contributed by atoms with Gasteiger partial charge < -0.3 is 14.9 Å². The SMILES string of the molecule is O=C(Nc1ccccc1-n1ccnc1)c1cc(S(=O)(=O)N2CCSCC2)c[nH]1. The van der Waals surface area contributed by atoms with Crippen molar-refractivity contribution < 1.29 is 13.2 Å². The molecule has 1 saturated heterocycles. The molecule has 8 nitrogen and oxygen atoms in total. The quantitative estimate of drug-likeness (QED) is 0.663. The van der Waals surface area contributed by atoms with Crippen LogP contribution in [0.1, 0.15) is 10.5 Å². The summed E-state index contributed by atoms with van der Waals surface area (Å²) in [6.07, 6.45) is 6.44. The Hall–Kier alpha value is -2.56. The monoisotopic (exact) mass is 417 g/mol. The summed E-state index contributed by atoms with van der Waals surface area (Å²) in [6.45, 7) is 0.968. The Labute approximate surface area is 167 Å². The third-order valence-corrected chi connectivity index (χ3v) is 7.26. The van der Waals surface area contributed by atoms with Gasteiger partial charge in [0.05, 0.1) is 17.7 Å². The summed E-state index contributed by atoms with van der Waals surface area (Å²) in [5.41, 5.74) is 1.54. The van der Waals surface area contributed by atoms with Gasteiger partial charge in [-0.25, -0.2) is 13.4 Å². The number of rotatable bonds is 5. The van der Waals surface area contributed by atoms with Crippen LogP contribution in [0.4, 0.5) is 5.69 Å². The van der Waals surface area contributed by atoms with Gasteiger partial charge in [0.1, 0.15) is 10.6 Å². The lowest BCUT2D eigenvalue weighted by atomic mass is 10.2. The normalized spacial score (nSPS) is 15.4. The summed E-state index contributed by atoms with van der Waals surface area (Å²) in [7, 11) is -3.59. The Bertz CT molecular complexity index is 1070. The summed E-state index contributed by atoms with van der Waals surface area (Å²) in [4.78, 5) is 19.6. The second kappa shape index (κ2) is 7.82. The number of aromatic nitrogens is 3. The van der Waals surface area contributed by atoms with Crippen molar-refractivity contribution in [2.45, 2.75) is 4.90 Å². The number of carbonyl (C=O) groups is 1. The van der Waals surface area contributed by atoms with E-state index in [9.17, 15) is 13.2 Å². The number of nitrogens with zero attached hydrogens (tertiary/aromatic N) is 3. The third-order valence-electron chi connectivity index (χ3n) is 4.44. The van der Waals surface area contributed by atoms with Gasteiger partial charge in [-0.3, -0.25) is 4.79 Å². The molecule has 2 N–H and O–H groups in total. The zero-order valence-corrected chi connectivity index (χ0v) is 16.5. The van der Waals surface area contributed by atoms with Crippen LogP contribution in [0.25, 0.3) is 5.69 Å². The molecule has 1 fully saturated rings. The van der Waals surface area contributed by atoms with Crippen LogP contribution in [0.2, 0.25) is 0 Å². The largest absolute Gasteiger partial charge is 0.356 e. The summed E-state index contributed by atoms with van der Waals surface area (Å²) in [6, 6.07) is 8.69. The number of H-pyrrole nitrogens is 1. The molecule has 4 rings (SSSR count). The van der Waals surface area contributed by atoms with E-state index in [4.69, 9.17) is 0 Å². The highest BCUT2D eigenvalue weighted by Crippen LogP contribution is 2.23. The highest BCUT2D eigenvalue weighted by atomic mass is 32.2. The van der Waals surface area contributed by atoms with Crippen molar-refractivity contribution in [3.8, 4) is 5.69 Å². The number of hydrogen-bond acceptors (Lipinski definition) is 5. The lowest BCUT2D eigenvalue weighted by molar-refractivity contribution is 0.102. The standard InChI is InChI=1S/C18H19N5O3S2/c24-18(21-15-3-1-2-4-17(15)22-6-5-19-13-22)16-11-14(12-20-16)28(25,26)23-7-9-27-10-8-23/h1-6,11-13,20H,7-10H2,(H,21,24). The topological polar surface area (TPSA) is 100 Å². The molecule has 1 aliphatic rings. The molecule has 3 heterocycles. The predicted molar refractivity (Wildman–Crippen MR) is 108 cm³/mol. The number of thioether (sulfide) groups is 1. The van der Waals surface area contributed by atoms with E-state index in [1.54, 1.807) is 41.1 Å². The maximum absolute atomic E-state index is 12.7. The highest BCUT2D eigenvalue weighted by Gasteiger charge is 2.27. The number of aromatic amines is 1. The Kier molecular flexibility index (Phi) is 5.25. The molecule has 1 amide bonds. The Morgan fingerprint density at radius 3 is 2.75 bits per heavy atom. The first kappa shape index (κ1) is 18.8. The van der Waals surface area contributed by atoms with E-state index in [-0.39, 0.29) is 10.6 Å². The minimum atomic E-state index is -3.59. The van der Waals surface area contributed by atoms with Gasteiger partial charge in [0, 0.05) is 43.2 Å². The van der Waals surface area contributed by atoms with Crippen molar-refractivity contribution in [2.75, 3.05) is 29.9 Å². The highest BCUT2D eigenvalue weighted by molar-refractivity contribution is 7.99. The van der Waals surface area contributed by atoms with Crippen LogP contribution in [-0.4, -0.2) is 57.8 Å². The molecule has 0 radical (unpaired) electrons. The summed E-state index contributed by atoms with van der Waals surface area (Å²) >= 11 is 1.74. The molecule has 10 heteroatoms. The summed E-state index contributed by atoms with van der Waals surface area (Å²) in [5, 5.41) is 2.83. The van der Waals surface area contributed by atoms with Crippen LogP contribution in [0.3, 0.4) is 0 Å². The number of carbonyl (C=O) groups excluding carboxylic acids is 1. The van der Waals surface area contributed by atoms with Crippen molar-refractivity contribution in [3.63, 3.8) is 0 Å². The van der Waals surface area contributed by atoms with Crippen molar-refractivity contribution in [1.82, 2.24) is 18.8 Å². The van der Waals surface area contributed by atoms with E-state index in [0.717, 1.165) is 17.2 Å². The average Bonchev–Trinajstić information content (AvgIpc) is 3.42. The fraction of sp³-hybridized carbons (Fsp3) is 0.222.